The van der Waals surface area contributed by atoms with Crippen LogP contribution < -0.4 is 0 Å². The summed E-state index contributed by atoms with van der Waals surface area (Å²) in [4.78, 5) is 14.4. The summed E-state index contributed by atoms with van der Waals surface area (Å²) in [5.41, 5.74) is 4.74. The number of carbonyl (C=O) groups excluding carboxylic acids is 1. The van der Waals surface area contributed by atoms with Crippen LogP contribution in [-0.2, 0) is 11.3 Å². The molecule has 22 heavy (non-hydrogen) atoms. The highest BCUT2D eigenvalue weighted by molar-refractivity contribution is 6.08. The Kier molecular flexibility index (Phi) is 4.47. The number of benzene rings is 1. The molecule has 5 heteroatoms. The van der Waals surface area contributed by atoms with E-state index in [-0.39, 0.29) is 5.97 Å². The molecule has 0 aliphatic rings. The molecule has 0 amide bonds. The molecule has 0 bridgehead atoms. The number of nitrogens with zero attached hydrogens (tertiary/aromatic N) is 2. The number of fused-ring (bicyclic) bond motifs is 1. The Bertz CT molecular complexity index is 730. The van der Waals surface area contributed by atoms with Gasteiger partial charge in [0.2, 0.25) is 0 Å². The van der Waals surface area contributed by atoms with Crippen LogP contribution >= 0.6 is 0 Å². The Labute approximate surface area is 131 Å². The average Bonchev–Trinajstić information content (AvgIpc) is 2.69. The quantitative estimate of drug-likeness (QED) is 0.697. The van der Waals surface area contributed by atoms with Crippen LogP contribution in [0.3, 0.4) is 0 Å². The van der Waals surface area contributed by atoms with Crippen molar-refractivity contribution in [2.24, 2.45) is 0 Å². The summed E-state index contributed by atoms with van der Waals surface area (Å²) in [7, 11) is 3.96. The van der Waals surface area contributed by atoms with E-state index in [0.717, 1.165) is 26.8 Å². The van der Waals surface area contributed by atoms with Crippen LogP contribution in [0.4, 0.5) is 0 Å². The van der Waals surface area contributed by atoms with Gasteiger partial charge in [-0.25, -0.2) is 4.79 Å². The normalized spacial score (nSPS) is 11.4. The largest absolute Gasteiger partial charge is 0.462 e. The van der Waals surface area contributed by atoms with E-state index in [0.29, 0.717) is 29.9 Å². The highest BCUT2D eigenvalue weighted by Gasteiger charge is 2.25. The lowest BCUT2D eigenvalue weighted by atomic mass is 9.98. The Hall–Kier alpha value is -2.01. The van der Waals surface area contributed by atoms with E-state index in [1.165, 1.54) is 0 Å². The molecule has 1 aromatic carbocycles. The van der Waals surface area contributed by atoms with Gasteiger partial charge in [0.1, 0.15) is 0 Å². The fourth-order valence-electron chi connectivity index (χ4n) is 2.88. The molecule has 0 atom stereocenters. The minimum Gasteiger partial charge on any atom is -0.462 e. The monoisotopic (exact) mass is 304 g/mol. The molecule has 0 spiro atoms. The third kappa shape index (κ3) is 2.57. The van der Waals surface area contributed by atoms with E-state index in [2.05, 4.69) is 6.07 Å². The maximum absolute atomic E-state index is 12.4. The molecule has 1 aromatic heterocycles. The zero-order chi connectivity index (χ0) is 16.6. The number of esters is 1. The summed E-state index contributed by atoms with van der Waals surface area (Å²) >= 11 is 0. The third-order valence-corrected chi connectivity index (χ3v) is 4.00. The van der Waals surface area contributed by atoms with Crippen molar-refractivity contribution in [3.05, 3.63) is 34.0 Å². The van der Waals surface area contributed by atoms with Gasteiger partial charge in [-0.3, -0.25) is 0 Å². The van der Waals surface area contributed by atoms with Gasteiger partial charge in [-0.2, -0.15) is 4.73 Å². The Balaban J connectivity index is 2.87. The second-order valence-electron chi connectivity index (χ2n) is 5.93. The molecule has 0 radical (unpaired) electrons. The molecule has 5 nitrogen and oxygen atoms in total. The Morgan fingerprint density at radius 2 is 1.95 bits per heavy atom. The van der Waals surface area contributed by atoms with Gasteiger partial charge in [0, 0.05) is 11.9 Å². The van der Waals surface area contributed by atoms with E-state index in [1.807, 2.05) is 32.8 Å². The predicted molar refractivity (Wildman–Crippen MR) is 86.7 cm³/mol. The first kappa shape index (κ1) is 16.4. The molecule has 0 fully saturated rings. The van der Waals surface area contributed by atoms with Crippen molar-refractivity contribution in [2.75, 3.05) is 20.7 Å². The number of rotatable bonds is 4. The van der Waals surface area contributed by atoms with Crippen molar-refractivity contribution >= 4 is 16.9 Å². The van der Waals surface area contributed by atoms with Crippen LogP contribution in [0.25, 0.3) is 10.9 Å². The number of aromatic nitrogens is 1. The van der Waals surface area contributed by atoms with E-state index >= 15 is 0 Å². The molecule has 2 rings (SSSR count). The van der Waals surface area contributed by atoms with Crippen LogP contribution in [0.2, 0.25) is 0 Å². The first-order chi connectivity index (χ1) is 10.3. The highest BCUT2D eigenvalue weighted by Crippen LogP contribution is 2.33. The van der Waals surface area contributed by atoms with Crippen molar-refractivity contribution in [1.82, 2.24) is 9.63 Å². The SMILES string of the molecule is CCOC(=O)c1c(C)n(O)c2c(C)c(C)cc(CN(C)C)c12. The fourth-order valence-corrected chi connectivity index (χ4v) is 2.88. The van der Waals surface area contributed by atoms with Crippen molar-refractivity contribution in [1.29, 1.82) is 0 Å². The number of aryl methyl sites for hydroxylation is 2. The first-order valence-electron chi connectivity index (χ1n) is 7.44. The van der Waals surface area contributed by atoms with E-state index in [9.17, 15) is 10.0 Å². The molecule has 2 aromatic rings. The van der Waals surface area contributed by atoms with Crippen molar-refractivity contribution in [2.45, 2.75) is 34.2 Å². The van der Waals surface area contributed by atoms with Gasteiger partial charge < -0.3 is 14.8 Å². The van der Waals surface area contributed by atoms with Gasteiger partial charge in [0.25, 0.3) is 0 Å². The van der Waals surface area contributed by atoms with E-state index < -0.39 is 0 Å². The standard InChI is InChI=1S/C17H24N2O3/c1-7-22-17(20)14-12(4)19(21)16-11(3)10(2)8-13(15(14)16)9-18(5)6/h8,21H,7,9H2,1-6H3. The van der Waals surface area contributed by atoms with Crippen LogP contribution in [0, 0.1) is 20.8 Å². The molecule has 120 valence electrons. The van der Waals surface area contributed by atoms with Gasteiger partial charge in [-0.1, -0.05) is 6.07 Å². The molecular weight excluding hydrogens is 280 g/mol. The van der Waals surface area contributed by atoms with Crippen LogP contribution in [0.5, 0.6) is 0 Å². The zero-order valence-electron chi connectivity index (χ0n) is 14.1. The number of ether oxygens (including phenoxy) is 1. The van der Waals surface area contributed by atoms with Crippen LogP contribution in [-0.4, -0.2) is 41.5 Å². The molecule has 1 heterocycles. The Morgan fingerprint density at radius 1 is 1.32 bits per heavy atom. The summed E-state index contributed by atoms with van der Waals surface area (Å²) in [5, 5.41) is 11.2. The lowest BCUT2D eigenvalue weighted by molar-refractivity contribution is 0.0524. The van der Waals surface area contributed by atoms with Gasteiger partial charge in [-0.15, -0.1) is 0 Å². The van der Waals surface area contributed by atoms with Crippen LogP contribution in [0.1, 0.15) is 39.7 Å². The van der Waals surface area contributed by atoms with Crippen molar-refractivity contribution < 1.29 is 14.7 Å². The molecule has 1 N–H and O–H groups in total. The topological polar surface area (TPSA) is 54.7 Å². The summed E-state index contributed by atoms with van der Waals surface area (Å²) in [6.45, 7) is 8.48. The second-order valence-corrected chi connectivity index (χ2v) is 5.93. The van der Waals surface area contributed by atoms with Crippen molar-refractivity contribution in [3.63, 3.8) is 0 Å². The molecule has 0 saturated carbocycles. The summed E-state index contributed by atoms with van der Waals surface area (Å²) < 4.78 is 6.30. The van der Waals surface area contributed by atoms with Gasteiger partial charge in [0.05, 0.1) is 23.4 Å². The van der Waals surface area contributed by atoms with E-state index in [4.69, 9.17) is 4.74 Å². The first-order valence-corrected chi connectivity index (χ1v) is 7.44. The third-order valence-electron chi connectivity index (χ3n) is 4.00. The highest BCUT2D eigenvalue weighted by atomic mass is 16.5. The maximum atomic E-state index is 12.4. The van der Waals surface area contributed by atoms with Crippen LogP contribution in [0.15, 0.2) is 6.07 Å². The maximum Gasteiger partial charge on any atom is 0.340 e. The summed E-state index contributed by atoms with van der Waals surface area (Å²) in [5.74, 6) is -0.388. The molecule has 0 unspecified atom stereocenters. The predicted octanol–water partition coefficient (Wildman–Crippen LogP) is 3.04. The fraction of sp³-hybridized carbons (Fsp3) is 0.471. The van der Waals surface area contributed by atoms with Gasteiger partial charge in [-0.05, 0) is 58.5 Å². The van der Waals surface area contributed by atoms with Crippen molar-refractivity contribution in [3.8, 4) is 0 Å². The molecule has 0 aliphatic heterocycles. The summed E-state index contributed by atoms with van der Waals surface area (Å²) in [6.07, 6.45) is 0. The summed E-state index contributed by atoms with van der Waals surface area (Å²) in [6, 6.07) is 2.08. The second kappa shape index (κ2) is 6.01. The molecule has 0 saturated heterocycles. The number of hydrogen-bond donors (Lipinski definition) is 1. The smallest absolute Gasteiger partial charge is 0.340 e. The number of hydrogen-bond acceptors (Lipinski definition) is 4. The molecule has 0 aliphatic carbocycles. The van der Waals surface area contributed by atoms with E-state index in [1.54, 1.807) is 13.8 Å². The molecular formula is C17H24N2O3. The number of carbonyl (C=O) groups is 1. The zero-order valence-corrected chi connectivity index (χ0v) is 14.1. The lowest BCUT2D eigenvalue weighted by Gasteiger charge is -2.14. The van der Waals surface area contributed by atoms with Gasteiger partial charge >= 0.3 is 5.97 Å². The average molecular weight is 304 g/mol. The Morgan fingerprint density at radius 3 is 2.50 bits per heavy atom. The van der Waals surface area contributed by atoms with Gasteiger partial charge in [0.15, 0.2) is 0 Å². The minimum absolute atomic E-state index is 0.310. The minimum atomic E-state index is -0.388. The lowest BCUT2D eigenvalue weighted by Crippen LogP contribution is -2.13.